The predicted octanol–water partition coefficient (Wildman–Crippen LogP) is 1.61. The molecule has 0 amide bonds. The van der Waals surface area contributed by atoms with Gasteiger partial charge >= 0.3 is 0 Å². The molecule has 1 aliphatic rings. The fourth-order valence-corrected chi connectivity index (χ4v) is 1.73. The van der Waals surface area contributed by atoms with Crippen molar-refractivity contribution in [3.05, 3.63) is 11.2 Å². The maximum atomic E-state index is 6.08. The quantitative estimate of drug-likeness (QED) is 0.848. The number of aromatic nitrogens is 2. The van der Waals surface area contributed by atoms with Crippen molar-refractivity contribution in [2.24, 2.45) is 0 Å². The molecule has 1 fully saturated rings. The molecule has 7 heteroatoms. The van der Waals surface area contributed by atoms with E-state index in [1.54, 1.807) is 6.20 Å². The number of halogens is 1. The zero-order valence-corrected chi connectivity index (χ0v) is 11.2. The molecular weight excluding hydrogens is 254 g/mol. The molecule has 1 saturated heterocycles. The Morgan fingerprint density at radius 3 is 2.94 bits per heavy atom. The third-order valence-electron chi connectivity index (χ3n) is 2.55. The second-order valence-corrected chi connectivity index (χ2v) is 4.44. The summed E-state index contributed by atoms with van der Waals surface area (Å²) in [6.07, 6.45) is 2.63. The summed E-state index contributed by atoms with van der Waals surface area (Å²) >= 11 is 6.08. The summed E-state index contributed by atoms with van der Waals surface area (Å²) in [6, 6.07) is 0. The normalized spacial score (nSPS) is 16.6. The molecule has 0 aromatic carbocycles. The highest BCUT2D eigenvalue weighted by Gasteiger charge is 2.13. The van der Waals surface area contributed by atoms with Crippen LogP contribution < -0.4 is 10.7 Å². The summed E-state index contributed by atoms with van der Waals surface area (Å²) in [5.41, 5.74) is 3.20. The van der Waals surface area contributed by atoms with Crippen LogP contribution >= 0.6 is 11.6 Å². The SMILES string of the molecule is CCCNc1ncc(Cl)c(NN2CCOCC2)n1. The van der Waals surface area contributed by atoms with Crippen molar-refractivity contribution in [3.8, 4) is 0 Å². The molecule has 0 bridgehead atoms. The number of rotatable bonds is 5. The lowest BCUT2D eigenvalue weighted by molar-refractivity contribution is 0.0495. The van der Waals surface area contributed by atoms with Crippen LogP contribution in [0.2, 0.25) is 5.02 Å². The van der Waals surface area contributed by atoms with Crippen LogP contribution in [0.3, 0.4) is 0 Å². The number of anilines is 2. The van der Waals surface area contributed by atoms with Crippen molar-refractivity contribution in [1.29, 1.82) is 0 Å². The summed E-state index contributed by atoms with van der Waals surface area (Å²) in [5.74, 6) is 1.23. The highest BCUT2D eigenvalue weighted by Crippen LogP contribution is 2.20. The summed E-state index contributed by atoms with van der Waals surface area (Å²) < 4.78 is 5.28. The van der Waals surface area contributed by atoms with Crippen LogP contribution in [0.4, 0.5) is 11.8 Å². The van der Waals surface area contributed by atoms with Crippen molar-refractivity contribution in [3.63, 3.8) is 0 Å². The van der Waals surface area contributed by atoms with Gasteiger partial charge in [0.25, 0.3) is 0 Å². The molecule has 2 rings (SSSR count). The molecule has 2 heterocycles. The van der Waals surface area contributed by atoms with Gasteiger partial charge in [-0.05, 0) is 6.42 Å². The Balaban J connectivity index is 2.00. The van der Waals surface area contributed by atoms with Crippen molar-refractivity contribution < 1.29 is 4.74 Å². The lowest BCUT2D eigenvalue weighted by Gasteiger charge is -2.27. The van der Waals surface area contributed by atoms with Crippen LogP contribution in [0.5, 0.6) is 0 Å². The smallest absolute Gasteiger partial charge is 0.224 e. The van der Waals surface area contributed by atoms with E-state index in [4.69, 9.17) is 16.3 Å². The lowest BCUT2D eigenvalue weighted by atomic mass is 10.5. The predicted molar refractivity (Wildman–Crippen MR) is 71.8 cm³/mol. The Morgan fingerprint density at radius 2 is 2.22 bits per heavy atom. The average Bonchev–Trinajstić information content (AvgIpc) is 2.41. The molecule has 0 aliphatic carbocycles. The molecule has 0 saturated carbocycles. The van der Waals surface area contributed by atoms with Gasteiger partial charge in [0.05, 0.1) is 19.4 Å². The average molecular weight is 272 g/mol. The molecule has 18 heavy (non-hydrogen) atoms. The Morgan fingerprint density at radius 1 is 1.44 bits per heavy atom. The van der Waals surface area contributed by atoms with Gasteiger partial charge in [-0.2, -0.15) is 4.98 Å². The number of hydrogen-bond acceptors (Lipinski definition) is 6. The minimum atomic E-state index is 0.517. The number of ether oxygens (including phenoxy) is 1. The van der Waals surface area contributed by atoms with Gasteiger partial charge in [-0.25, -0.2) is 9.99 Å². The molecule has 6 nitrogen and oxygen atoms in total. The maximum absolute atomic E-state index is 6.08. The van der Waals surface area contributed by atoms with Gasteiger partial charge in [0, 0.05) is 19.6 Å². The largest absolute Gasteiger partial charge is 0.379 e. The molecule has 100 valence electrons. The number of nitrogens with zero attached hydrogens (tertiary/aromatic N) is 3. The minimum Gasteiger partial charge on any atom is -0.379 e. The molecule has 1 aromatic heterocycles. The Bertz CT molecular complexity index is 384. The van der Waals surface area contributed by atoms with Crippen molar-refractivity contribution in [2.45, 2.75) is 13.3 Å². The molecule has 0 radical (unpaired) electrons. The molecule has 1 aliphatic heterocycles. The van der Waals surface area contributed by atoms with E-state index >= 15 is 0 Å². The van der Waals surface area contributed by atoms with E-state index < -0.39 is 0 Å². The third kappa shape index (κ3) is 3.69. The third-order valence-corrected chi connectivity index (χ3v) is 2.83. The van der Waals surface area contributed by atoms with E-state index in [1.165, 1.54) is 0 Å². The van der Waals surface area contributed by atoms with Crippen LogP contribution in [0.25, 0.3) is 0 Å². The van der Waals surface area contributed by atoms with E-state index in [-0.39, 0.29) is 0 Å². The first-order chi connectivity index (χ1) is 8.79. The zero-order valence-electron chi connectivity index (χ0n) is 10.4. The summed E-state index contributed by atoms with van der Waals surface area (Å²) in [6.45, 7) is 6.01. The highest BCUT2D eigenvalue weighted by molar-refractivity contribution is 6.32. The van der Waals surface area contributed by atoms with Crippen molar-refractivity contribution >= 4 is 23.4 Å². The van der Waals surface area contributed by atoms with Crippen LogP contribution in [-0.4, -0.2) is 47.8 Å². The molecule has 1 aromatic rings. The topological polar surface area (TPSA) is 62.3 Å². The standard InChI is InChI=1S/C11H18ClN5O/c1-2-3-13-11-14-8-9(12)10(15-11)16-17-4-6-18-7-5-17/h8H,2-7H2,1H3,(H2,13,14,15,16). The number of hydrazine groups is 1. The maximum Gasteiger partial charge on any atom is 0.224 e. The first kappa shape index (κ1) is 13.3. The summed E-state index contributed by atoms with van der Waals surface area (Å²) in [5, 5.41) is 5.70. The van der Waals surface area contributed by atoms with E-state index in [0.29, 0.717) is 16.8 Å². The number of nitrogens with one attached hydrogen (secondary N) is 2. The fourth-order valence-electron chi connectivity index (χ4n) is 1.59. The Kier molecular flexibility index (Phi) is 4.98. The molecule has 0 spiro atoms. The van der Waals surface area contributed by atoms with Gasteiger partial charge in [-0.3, -0.25) is 0 Å². The first-order valence-corrected chi connectivity index (χ1v) is 6.53. The van der Waals surface area contributed by atoms with Gasteiger partial charge in [0.15, 0.2) is 5.82 Å². The molecular formula is C11H18ClN5O. The highest BCUT2D eigenvalue weighted by atomic mass is 35.5. The van der Waals surface area contributed by atoms with Crippen LogP contribution in [0, 0.1) is 0 Å². The fraction of sp³-hybridized carbons (Fsp3) is 0.636. The minimum absolute atomic E-state index is 0.517. The van der Waals surface area contributed by atoms with Gasteiger partial charge in [0.2, 0.25) is 5.95 Å². The van der Waals surface area contributed by atoms with Gasteiger partial charge in [0.1, 0.15) is 5.02 Å². The van der Waals surface area contributed by atoms with Crippen molar-refractivity contribution in [1.82, 2.24) is 15.0 Å². The summed E-state index contributed by atoms with van der Waals surface area (Å²) in [7, 11) is 0. The monoisotopic (exact) mass is 271 g/mol. The Hall–Kier alpha value is -1.11. The van der Waals surface area contributed by atoms with E-state index in [0.717, 1.165) is 39.3 Å². The van der Waals surface area contributed by atoms with E-state index in [1.807, 2.05) is 5.01 Å². The summed E-state index contributed by atoms with van der Waals surface area (Å²) in [4.78, 5) is 8.49. The number of morpholine rings is 1. The second kappa shape index (κ2) is 6.72. The molecule has 0 atom stereocenters. The van der Waals surface area contributed by atoms with Gasteiger partial charge in [-0.15, -0.1) is 0 Å². The zero-order chi connectivity index (χ0) is 12.8. The van der Waals surface area contributed by atoms with Crippen LogP contribution in [0.15, 0.2) is 6.20 Å². The van der Waals surface area contributed by atoms with E-state index in [2.05, 4.69) is 27.6 Å². The van der Waals surface area contributed by atoms with Gasteiger partial charge < -0.3 is 15.5 Å². The van der Waals surface area contributed by atoms with Gasteiger partial charge in [-0.1, -0.05) is 18.5 Å². The van der Waals surface area contributed by atoms with Crippen LogP contribution in [0.1, 0.15) is 13.3 Å². The lowest BCUT2D eigenvalue weighted by Crippen LogP contribution is -2.40. The first-order valence-electron chi connectivity index (χ1n) is 6.15. The van der Waals surface area contributed by atoms with Crippen LogP contribution in [-0.2, 0) is 4.74 Å². The molecule has 2 N–H and O–H groups in total. The van der Waals surface area contributed by atoms with Crippen molar-refractivity contribution in [2.75, 3.05) is 43.6 Å². The second-order valence-electron chi connectivity index (χ2n) is 4.03. The van der Waals surface area contributed by atoms with E-state index in [9.17, 15) is 0 Å². The molecule has 0 unspecified atom stereocenters. The Labute approximate surface area is 112 Å². The number of hydrogen-bond donors (Lipinski definition) is 2.